The normalized spacial score (nSPS) is 11.1. The monoisotopic (exact) mass is 524 g/mol. The predicted octanol–water partition coefficient (Wildman–Crippen LogP) is 2.67. The summed E-state index contributed by atoms with van der Waals surface area (Å²) in [5, 5.41) is 16.7. The number of nitrogens with two attached hydrogens (primary N) is 1. The summed E-state index contributed by atoms with van der Waals surface area (Å²) in [7, 11) is -1.01. The molecule has 0 fully saturated rings. The molecule has 0 atom stereocenters. The van der Waals surface area contributed by atoms with E-state index in [2.05, 4.69) is 29.6 Å². The second-order valence-electron chi connectivity index (χ2n) is 8.30. The van der Waals surface area contributed by atoms with Gasteiger partial charge in [-0.15, -0.1) is 0 Å². The molecule has 7 nitrogen and oxygen atoms in total. The van der Waals surface area contributed by atoms with Crippen LogP contribution in [0.25, 0.3) is 0 Å². The Bertz CT molecular complexity index is 1010. The van der Waals surface area contributed by atoms with Gasteiger partial charge in [-0.2, -0.15) is 0 Å². The van der Waals surface area contributed by atoms with Crippen LogP contribution in [0.1, 0.15) is 23.2 Å². The van der Waals surface area contributed by atoms with Gasteiger partial charge in [-0.25, -0.2) is 0 Å². The van der Waals surface area contributed by atoms with Crippen LogP contribution in [0.15, 0.2) is 78.9 Å². The van der Waals surface area contributed by atoms with Gasteiger partial charge in [0.1, 0.15) is 5.75 Å². The maximum atomic E-state index is 12.8. The quantitative estimate of drug-likeness (QED) is 0.185. The Balaban J connectivity index is 1.46. The molecule has 1 amide bonds. The Morgan fingerprint density at radius 1 is 0.757 bits per heavy atom. The highest BCUT2D eigenvalue weighted by molar-refractivity contribution is 7.80. The summed E-state index contributed by atoms with van der Waals surface area (Å²) in [4.78, 5) is 12.8. The van der Waals surface area contributed by atoms with Crippen molar-refractivity contribution >= 4 is 29.7 Å². The Morgan fingerprint density at radius 3 is 1.86 bits per heavy atom. The van der Waals surface area contributed by atoms with Crippen LogP contribution >= 0.6 is 7.92 Å². The first-order chi connectivity index (χ1) is 18.2. The van der Waals surface area contributed by atoms with Crippen molar-refractivity contribution in [3.8, 4) is 5.75 Å². The molecule has 0 heterocycles. The molecule has 0 unspecified atom stereocenters. The topological polar surface area (TPSA) is 103 Å². The molecule has 0 spiro atoms. The summed E-state index contributed by atoms with van der Waals surface area (Å²) in [5.41, 5.74) is 5.93. The number of phenolic OH excluding ortho intramolecular Hbond substituents is 1. The average Bonchev–Trinajstić information content (AvgIpc) is 2.93. The van der Waals surface area contributed by atoms with Gasteiger partial charge in [0, 0.05) is 30.6 Å². The summed E-state index contributed by atoms with van der Waals surface area (Å²) in [6.45, 7) is 4.43. The van der Waals surface area contributed by atoms with E-state index in [4.69, 9.17) is 19.9 Å². The lowest BCUT2D eigenvalue weighted by Crippen LogP contribution is -2.27. The average molecular weight is 525 g/mol. The van der Waals surface area contributed by atoms with Crippen LogP contribution in [0.4, 0.5) is 0 Å². The largest absolute Gasteiger partial charge is 0.507 e. The van der Waals surface area contributed by atoms with E-state index >= 15 is 0 Å². The van der Waals surface area contributed by atoms with Crippen LogP contribution in [0, 0.1) is 0 Å². The lowest BCUT2D eigenvalue weighted by atomic mass is 10.2. The van der Waals surface area contributed by atoms with Crippen LogP contribution in [-0.2, 0) is 14.2 Å². The third kappa shape index (κ3) is 9.88. The first-order valence-corrected chi connectivity index (χ1v) is 14.0. The van der Waals surface area contributed by atoms with Crippen LogP contribution in [-0.4, -0.2) is 63.7 Å². The van der Waals surface area contributed by atoms with Crippen molar-refractivity contribution < 1.29 is 24.1 Å². The molecule has 0 aliphatic rings. The number of nitrogens with one attached hydrogen (secondary N) is 1. The van der Waals surface area contributed by atoms with Crippen LogP contribution in [0.5, 0.6) is 5.75 Å². The van der Waals surface area contributed by atoms with E-state index in [9.17, 15) is 9.90 Å². The Labute approximate surface area is 220 Å². The zero-order valence-corrected chi connectivity index (χ0v) is 22.1. The molecule has 4 N–H and O–H groups in total. The fourth-order valence-electron chi connectivity index (χ4n) is 3.63. The molecule has 3 rings (SSSR count). The maximum absolute atomic E-state index is 12.8. The smallest absolute Gasteiger partial charge is 0.251 e. The fraction of sp³-hybridized carbons (Fsp3) is 0.345. The van der Waals surface area contributed by atoms with Crippen LogP contribution in [0.3, 0.4) is 0 Å². The molecule has 8 heteroatoms. The minimum atomic E-state index is -1.01. The number of carbonyl (C=O) groups is 1. The lowest BCUT2D eigenvalue weighted by Gasteiger charge is -2.21. The summed E-state index contributed by atoms with van der Waals surface area (Å²) >= 11 is 0. The van der Waals surface area contributed by atoms with E-state index < -0.39 is 7.92 Å². The molecule has 0 radical (unpaired) electrons. The zero-order valence-electron chi connectivity index (χ0n) is 21.2. The summed E-state index contributed by atoms with van der Waals surface area (Å²) < 4.78 is 16.4. The minimum absolute atomic E-state index is 0.171. The van der Waals surface area contributed by atoms with Gasteiger partial charge in [0.15, 0.2) is 0 Å². The maximum Gasteiger partial charge on any atom is 0.251 e. The number of rotatable bonds is 17. The molecular weight excluding hydrogens is 487 g/mol. The van der Waals surface area contributed by atoms with E-state index in [1.165, 1.54) is 0 Å². The number of phenols is 1. The van der Waals surface area contributed by atoms with Crippen molar-refractivity contribution in [1.29, 1.82) is 0 Å². The SMILES string of the molecule is NCCCOCCOCCOCCCNC(=O)c1ccc(O)c(P(c2ccccc2)c2ccccc2)c1. The predicted molar refractivity (Wildman–Crippen MR) is 150 cm³/mol. The van der Waals surface area contributed by atoms with E-state index in [1.54, 1.807) is 12.1 Å². The fourth-order valence-corrected chi connectivity index (χ4v) is 6.00. The highest BCUT2D eigenvalue weighted by Crippen LogP contribution is 2.36. The van der Waals surface area contributed by atoms with Crippen LogP contribution in [0.2, 0.25) is 0 Å². The second-order valence-corrected chi connectivity index (χ2v) is 10.5. The molecule has 198 valence electrons. The van der Waals surface area contributed by atoms with E-state index in [1.807, 2.05) is 42.5 Å². The summed E-state index contributed by atoms with van der Waals surface area (Å²) in [5.74, 6) is 0.0170. The van der Waals surface area contributed by atoms with Crippen molar-refractivity contribution in [3.63, 3.8) is 0 Å². The Morgan fingerprint density at radius 2 is 1.30 bits per heavy atom. The van der Waals surface area contributed by atoms with Gasteiger partial charge in [-0.05, 0) is 56.1 Å². The molecule has 0 saturated heterocycles. The number of ether oxygens (including phenoxy) is 3. The minimum Gasteiger partial charge on any atom is -0.507 e. The first kappa shape index (κ1) is 28.8. The molecule has 0 aromatic heterocycles. The molecule has 0 aliphatic heterocycles. The van der Waals surface area contributed by atoms with Gasteiger partial charge in [0.2, 0.25) is 0 Å². The number of benzene rings is 3. The highest BCUT2D eigenvalue weighted by atomic mass is 31.1. The molecule has 3 aromatic rings. The van der Waals surface area contributed by atoms with Gasteiger partial charge in [-0.3, -0.25) is 4.79 Å². The van der Waals surface area contributed by atoms with Gasteiger partial charge >= 0.3 is 0 Å². The van der Waals surface area contributed by atoms with Crippen LogP contribution < -0.4 is 27.0 Å². The van der Waals surface area contributed by atoms with Crippen molar-refractivity contribution in [1.82, 2.24) is 5.32 Å². The lowest BCUT2D eigenvalue weighted by molar-refractivity contribution is 0.0141. The van der Waals surface area contributed by atoms with Gasteiger partial charge in [-0.1, -0.05) is 60.7 Å². The van der Waals surface area contributed by atoms with Gasteiger partial charge in [0.25, 0.3) is 5.91 Å². The third-order valence-electron chi connectivity index (χ3n) is 5.50. The Hall–Kier alpha value is -2.80. The van der Waals surface area contributed by atoms with Gasteiger partial charge in [0.05, 0.1) is 26.4 Å². The number of hydrogen-bond acceptors (Lipinski definition) is 6. The van der Waals surface area contributed by atoms with E-state index in [0.717, 1.165) is 22.3 Å². The number of amides is 1. The highest BCUT2D eigenvalue weighted by Gasteiger charge is 2.21. The molecular formula is C29H37N2O5P. The Kier molecular flexibility index (Phi) is 13.1. The number of hydrogen-bond donors (Lipinski definition) is 3. The zero-order chi connectivity index (χ0) is 26.1. The molecule has 0 aliphatic carbocycles. The summed E-state index contributed by atoms with van der Waals surface area (Å²) in [6, 6.07) is 25.3. The van der Waals surface area contributed by atoms with Crippen molar-refractivity contribution in [2.75, 3.05) is 52.7 Å². The van der Waals surface area contributed by atoms with Gasteiger partial charge < -0.3 is 30.4 Å². The van der Waals surface area contributed by atoms with Crippen molar-refractivity contribution in [2.24, 2.45) is 5.73 Å². The van der Waals surface area contributed by atoms with Crippen molar-refractivity contribution in [2.45, 2.75) is 12.8 Å². The molecule has 37 heavy (non-hydrogen) atoms. The number of carbonyl (C=O) groups excluding carboxylic acids is 1. The molecule has 0 saturated carbocycles. The standard InChI is InChI=1S/C29H37N2O5P/c30-15-7-17-34-19-21-36-22-20-35-18-8-16-31-29(33)24-13-14-27(32)28(23-24)37(25-9-3-1-4-10-25)26-11-5-2-6-12-26/h1-6,9-14,23,32H,7-8,15-22,30H2,(H,31,33). The van der Waals surface area contributed by atoms with E-state index in [0.29, 0.717) is 64.7 Å². The first-order valence-electron chi connectivity index (χ1n) is 12.7. The third-order valence-corrected chi connectivity index (χ3v) is 7.96. The van der Waals surface area contributed by atoms with E-state index in [-0.39, 0.29) is 11.7 Å². The molecule has 0 bridgehead atoms. The molecule has 3 aromatic carbocycles. The number of aromatic hydroxyl groups is 1. The summed E-state index contributed by atoms with van der Waals surface area (Å²) in [6.07, 6.45) is 1.55. The second kappa shape index (κ2) is 16.8. The van der Waals surface area contributed by atoms with Crippen molar-refractivity contribution in [3.05, 3.63) is 84.4 Å².